The molecule has 37 heavy (non-hydrogen) atoms. The van der Waals surface area contributed by atoms with E-state index < -0.39 is 36.2 Å². The molecular weight excluding hydrogens is 501 g/mol. The van der Waals surface area contributed by atoms with E-state index in [0.717, 1.165) is 10.5 Å². The number of benzene rings is 3. The first-order chi connectivity index (χ1) is 17.8. The molecule has 0 bridgehead atoms. The van der Waals surface area contributed by atoms with E-state index in [-0.39, 0.29) is 22.0 Å². The molecule has 0 saturated carbocycles. The molecule has 1 heterocycles. The maximum Gasteiger partial charge on any atom is 0.335 e. The molecule has 0 aromatic heterocycles. The minimum atomic E-state index is -0.832. The fourth-order valence-corrected chi connectivity index (χ4v) is 3.93. The lowest BCUT2D eigenvalue weighted by molar-refractivity contribution is -0.122. The van der Waals surface area contributed by atoms with Crippen LogP contribution in [0.3, 0.4) is 0 Å². The number of nitrogens with one attached hydrogen (secondary N) is 2. The number of para-hydroxylation sites is 2. The Balaban J connectivity index is 1.50. The molecule has 10 heteroatoms. The molecule has 0 radical (unpaired) electrons. The van der Waals surface area contributed by atoms with Crippen molar-refractivity contribution in [1.29, 1.82) is 0 Å². The van der Waals surface area contributed by atoms with Crippen molar-refractivity contribution in [3.05, 3.63) is 94.3 Å². The van der Waals surface area contributed by atoms with E-state index >= 15 is 0 Å². The Morgan fingerprint density at radius 3 is 2.54 bits per heavy atom. The Labute approximate surface area is 216 Å². The number of aryl methyl sites for hydroxylation is 1. The monoisotopic (exact) mass is 521 g/mol. The molecule has 3 aromatic carbocycles. The van der Waals surface area contributed by atoms with E-state index in [0.29, 0.717) is 17.7 Å². The Bertz CT molecular complexity index is 1440. The molecule has 0 spiro atoms. The van der Waals surface area contributed by atoms with Crippen molar-refractivity contribution in [2.45, 2.75) is 13.3 Å². The van der Waals surface area contributed by atoms with Gasteiger partial charge in [-0.05, 0) is 54.0 Å². The number of urea groups is 1. The second-order valence-corrected chi connectivity index (χ2v) is 8.35. The molecule has 0 aliphatic carbocycles. The first-order valence-electron chi connectivity index (χ1n) is 11.2. The zero-order chi connectivity index (χ0) is 26.5. The van der Waals surface area contributed by atoms with Crippen LogP contribution in [0, 0.1) is 5.82 Å². The molecule has 188 valence electrons. The normalized spacial score (nSPS) is 14.5. The second-order valence-electron chi connectivity index (χ2n) is 7.95. The van der Waals surface area contributed by atoms with Crippen LogP contribution in [0.4, 0.5) is 20.6 Å². The topological polar surface area (TPSA) is 105 Å². The van der Waals surface area contributed by atoms with Crippen molar-refractivity contribution in [1.82, 2.24) is 5.32 Å². The van der Waals surface area contributed by atoms with Crippen LogP contribution in [0.5, 0.6) is 5.75 Å². The van der Waals surface area contributed by atoms with E-state index in [4.69, 9.17) is 16.3 Å². The number of halogens is 2. The van der Waals surface area contributed by atoms with Gasteiger partial charge in [0.25, 0.3) is 17.7 Å². The van der Waals surface area contributed by atoms with E-state index in [1.807, 2.05) is 6.92 Å². The molecule has 1 fully saturated rings. The average Bonchev–Trinajstić information content (AvgIpc) is 2.87. The van der Waals surface area contributed by atoms with Crippen LogP contribution in [-0.2, 0) is 20.8 Å². The van der Waals surface area contributed by atoms with Crippen molar-refractivity contribution >= 4 is 52.8 Å². The predicted octanol–water partition coefficient (Wildman–Crippen LogP) is 4.73. The number of ether oxygens (including phenoxy) is 1. The summed E-state index contributed by atoms with van der Waals surface area (Å²) in [5.74, 6) is -2.60. The standard InChI is InChI=1S/C27H21ClFN3O5/c1-2-17-7-3-6-10-22(17)32-26(35)18(25(34)31-27(32)36)13-16-11-12-23(19(28)14-16)37-15-24(33)30-21-9-5-4-8-20(21)29/h3-14H,2,15H2,1H3,(H,30,33)(H,31,34,36)/b18-13+. The highest BCUT2D eigenvalue weighted by Gasteiger charge is 2.37. The van der Waals surface area contributed by atoms with Crippen molar-refractivity contribution in [3.8, 4) is 5.75 Å². The number of amides is 5. The third-order valence-corrected chi connectivity index (χ3v) is 5.78. The third kappa shape index (κ3) is 5.68. The molecule has 4 rings (SSSR count). The summed E-state index contributed by atoms with van der Waals surface area (Å²) in [6.07, 6.45) is 1.89. The van der Waals surface area contributed by atoms with Crippen LogP contribution in [0.1, 0.15) is 18.1 Å². The van der Waals surface area contributed by atoms with E-state index in [2.05, 4.69) is 10.6 Å². The van der Waals surface area contributed by atoms with Crippen molar-refractivity contribution < 1.29 is 28.3 Å². The summed E-state index contributed by atoms with van der Waals surface area (Å²) < 4.78 is 19.1. The van der Waals surface area contributed by atoms with Crippen LogP contribution in [0.25, 0.3) is 6.08 Å². The Morgan fingerprint density at radius 1 is 1.08 bits per heavy atom. The quantitative estimate of drug-likeness (QED) is 0.345. The molecule has 0 unspecified atom stereocenters. The smallest absolute Gasteiger partial charge is 0.335 e. The van der Waals surface area contributed by atoms with Gasteiger partial charge in [0.15, 0.2) is 6.61 Å². The van der Waals surface area contributed by atoms with Crippen LogP contribution >= 0.6 is 11.6 Å². The van der Waals surface area contributed by atoms with Crippen molar-refractivity contribution in [3.63, 3.8) is 0 Å². The summed E-state index contributed by atoms with van der Waals surface area (Å²) in [4.78, 5) is 51.2. The van der Waals surface area contributed by atoms with Crippen LogP contribution in [0.2, 0.25) is 5.02 Å². The Kier molecular flexibility index (Phi) is 7.64. The summed E-state index contributed by atoms with van der Waals surface area (Å²) in [6, 6.07) is 16.3. The van der Waals surface area contributed by atoms with Crippen LogP contribution in [0.15, 0.2) is 72.3 Å². The molecule has 8 nitrogen and oxygen atoms in total. The van der Waals surface area contributed by atoms with Gasteiger partial charge in [-0.15, -0.1) is 0 Å². The minimum absolute atomic E-state index is 0.0219. The van der Waals surface area contributed by atoms with Gasteiger partial charge in [-0.1, -0.05) is 54.9 Å². The van der Waals surface area contributed by atoms with Crippen molar-refractivity contribution in [2.75, 3.05) is 16.8 Å². The number of hydrogen-bond acceptors (Lipinski definition) is 5. The van der Waals surface area contributed by atoms with E-state index in [9.17, 15) is 23.6 Å². The number of rotatable bonds is 7. The SMILES string of the molecule is CCc1ccccc1N1C(=O)NC(=O)/C(=C\c2ccc(OCC(=O)Nc3ccccc3F)c(Cl)c2)C1=O. The number of imide groups is 2. The fourth-order valence-electron chi connectivity index (χ4n) is 3.69. The minimum Gasteiger partial charge on any atom is -0.482 e. The molecular formula is C27H21ClFN3O5. The van der Waals surface area contributed by atoms with Gasteiger partial charge in [0.2, 0.25) is 0 Å². The lowest BCUT2D eigenvalue weighted by atomic mass is 10.0. The first-order valence-corrected chi connectivity index (χ1v) is 11.6. The van der Waals surface area contributed by atoms with Gasteiger partial charge >= 0.3 is 6.03 Å². The average molecular weight is 522 g/mol. The number of carbonyl (C=O) groups excluding carboxylic acids is 4. The highest BCUT2D eigenvalue weighted by atomic mass is 35.5. The van der Waals surface area contributed by atoms with Gasteiger partial charge in [-0.25, -0.2) is 14.1 Å². The van der Waals surface area contributed by atoms with Crippen LogP contribution < -0.4 is 20.3 Å². The molecule has 0 atom stereocenters. The van der Waals surface area contributed by atoms with Gasteiger partial charge in [0, 0.05) is 0 Å². The van der Waals surface area contributed by atoms with Gasteiger partial charge < -0.3 is 10.1 Å². The zero-order valence-corrected chi connectivity index (χ0v) is 20.3. The lowest BCUT2D eigenvalue weighted by Crippen LogP contribution is -2.54. The highest BCUT2D eigenvalue weighted by molar-refractivity contribution is 6.39. The number of barbiturate groups is 1. The number of hydrogen-bond donors (Lipinski definition) is 2. The van der Waals surface area contributed by atoms with Gasteiger partial charge in [-0.3, -0.25) is 19.7 Å². The Morgan fingerprint density at radius 2 is 1.81 bits per heavy atom. The summed E-state index contributed by atoms with van der Waals surface area (Å²) in [5.41, 5.74) is 1.32. The maximum absolute atomic E-state index is 13.7. The molecule has 3 aromatic rings. The molecule has 5 amide bonds. The first kappa shape index (κ1) is 25.6. The predicted molar refractivity (Wildman–Crippen MR) is 137 cm³/mol. The molecule has 1 aliphatic rings. The summed E-state index contributed by atoms with van der Waals surface area (Å²) in [5, 5.41) is 4.70. The Hall–Kier alpha value is -4.50. The highest BCUT2D eigenvalue weighted by Crippen LogP contribution is 2.29. The summed E-state index contributed by atoms with van der Waals surface area (Å²) >= 11 is 6.28. The second kappa shape index (κ2) is 11.0. The molecule has 1 aliphatic heterocycles. The van der Waals surface area contributed by atoms with E-state index in [1.54, 1.807) is 30.3 Å². The van der Waals surface area contributed by atoms with Crippen molar-refractivity contribution in [2.24, 2.45) is 0 Å². The summed E-state index contributed by atoms with van der Waals surface area (Å²) in [6.45, 7) is 1.46. The zero-order valence-electron chi connectivity index (χ0n) is 19.6. The van der Waals surface area contributed by atoms with E-state index in [1.165, 1.54) is 42.5 Å². The summed E-state index contributed by atoms with van der Waals surface area (Å²) in [7, 11) is 0. The number of anilines is 2. The molecule has 1 saturated heterocycles. The fraction of sp³-hybridized carbons (Fsp3) is 0.111. The van der Waals surface area contributed by atoms with Gasteiger partial charge in [0.05, 0.1) is 16.4 Å². The van der Waals surface area contributed by atoms with Gasteiger partial charge in [-0.2, -0.15) is 0 Å². The lowest BCUT2D eigenvalue weighted by Gasteiger charge is -2.28. The third-order valence-electron chi connectivity index (χ3n) is 5.49. The van der Waals surface area contributed by atoms with Crippen LogP contribution in [-0.4, -0.2) is 30.4 Å². The number of carbonyl (C=O) groups is 4. The molecule has 2 N–H and O–H groups in total. The maximum atomic E-state index is 13.7. The van der Waals surface area contributed by atoms with Gasteiger partial charge in [0.1, 0.15) is 17.1 Å². The largest absolute Gasteiger partial charge is 0.482 e. The number of nitrogens with zero attached hydrogens (tertiary/aromatic N) is 1.